The molecule has 0 bridgehead atoms. The molecule has 25 heavy (non-hydrogen) atoms. The predicted molar refractivity (Wildman–Crippen MR) is 97.0 cm³/mol. The molecule has 1 amide bonds. The van der Waals surface area contributed by atoms with Gasteiger partial charge in [0.2, 0.25) is 5.91 Å². The summed E-state index contributed by atoms with van der Waals surface area (Å²) in [6.45, 7) is 2.67. The first kappa shape index (κ1) is 16.4. The van der Waals surface area contributed by atoms with Crippen LogP contribution in [-0.4, -0.2) is 29.4 Å². The standard InChI is InChI=1S/C21H26N2O2/c24-20(22-21(10-11-21)14-17-6-2-1-3-7-17)18-8-4-12-23(15-18)16-19-9-5-13-25-19/h1-3,5-7,9,13,18H,4,8,10-12,14-16H2,(H,22,24)/t18-/m0/s1. The van der Waals surface area contributed by atoms with Crippen LogP contribution in [0.5, 0.6) is 0 Å². The molecule has 1 aliphatic carbocycles. The lowest BCUT2D eigenvalue weighted by atomic mass is 9.95. The Hall–Kier alpha value is -2.07. The van der Waals surface area contributed by atoms with Crippen molar-refractivity contribution in [3.8, 4) is 0 Å². The monoisotopic (exact) mass is 338 g/mol. The van der Waals surface area contributed by atoms with Gasteiger partial charge in [-0.3, -0.25) is 9.69 Å². The number of nitrogens with one attached hydrogen (secondary N) is 1. The molecule has 132 valence electrons. The molecule has 1 N–H and O–H groups in total. The minimum absolute atomic E-state index is 0.00171. The molecule has 4 rings (SSSR count). The number of nitrogens with zero attached hydrogens (tertiary/aromatic N) is 1. The number of likely N-dealkylation sites (tertiary alicyclic amines) is 1. The summed E-state index contributed by atoms with van der Waals surface area (Å²) in [6.07, 6.45) is 6.91. The average Bonchev–Trinajstić information content (AvgIpc) is 3.17. The molecular formula is C21H26N2O2. The van der Waals surface area contributed by atoms with E-state index in [0.29, 0.717) is 0 Å². The molecule has 2 fully saturated rings. The van der Waals surface area contributed by atoms with E-state index in [1.54, 1.807) is 6.26 Å². The van der Waals surface area contributed by atoms with Crippen molar-refractivity contribution in [3.63, 3.8) is 0 Å². The molecule has 2 aliphatic rings. The summed E-state index contributed by atoms with van der Waals surface area (Å²) in [4.78, 5) is 15.2. The number of hydrogen-bond acceptors (Lipinski definition) is 3. The van der Waals surface area contributed by atoms with Crippen LogP contribution >= 0.6 is 0 Å². The summed E-state index contributed by atoms with van der Waals surface area (Å²) in [5.74, 6) is 1.30. The van der Waals surface area contributed by atoms with Gasteiger partial charge in [-0.1, -0.05) is 30.3 Å². The van der Waals surface area contributed by atoms with Gasteiger partial charge in [-0.25, -0.2) is 0 Å². The Kier molecular flexibility index (Phi) is 4.62. The smallest absolute Gasteiger partial charge is 0.224 e. The normalized spacial score (nSPS) is 22.5. The van der Waals surface area contributed by atoms with Gasteiger partial charge in [0, 0.05) is 12.1 Å². The summed E-state index contributed by atoms with van der Waals surface area (Å²) in [6, 6.07) is 14.4. The highest BCUT2D eigenvalue weighted by atomic mass is 16.3. The van der Waals surface area contributed by atoms with Crippen molar-refractivity contribution < 1.29 is 9.21 Å². The maximum atomic E-state index is 12.8. The molecule has 4 nitrogen and oxygen atoms in total. The van der Waals surface area contributed by atoms with Crippen LogP contribution in [-0.2, 0) is 17.8 Å². The number of hydrogen-bond donors (Lipinski definition) is 1. The molecular weight excluding hydrogens is 312 g/mol. The van der Waals surface area contributed by atoms with Crippen LogP contribution in [0.4, 0.5) is 0 Å². The number of piperidine rings is 1. The zero-order chi connectivity index (χ0) is 17.1. The lowest BCUT2D eigenvalue weighted by molar-refractivity contribution is -0.127. The van der Waals surface area contributed by atoms with Crippen LogP contribution in [0.25, 0.3) is 0 Å². The second-order valence-electron chi connectivity index (χ2n) is 7.59. The highest BCUT2D eigenvalue weighted by Gasteiger charge is 2.45. The van der Waals surface area contributed by atoms with Crippen LogP contribution in [0.3, 0.4) is 0 Å². The molecule has 4 heteroatoms. The highest BCUT2D eigenvalue weighted by Crippen LogP contribution is 2.39. The third kappa shape index (κ3) is 4.13. The summed E-state index contributed by atoms with van der Waals surface area (Å²) in [5, 5.41) is 3.38. The Morgan fingerprint density at radius 3 is 2.76 bits per heavy atom. The van der Waals surface area contributed by atoms with Crippen molar-refractivity contribution in [2.45, 2.75) is 44.2 Å². The molecule has 0 spiro atoms. The van der Waals surface area contributed by atoms with Gasteiger partial charge < -0.3 is 9.73 Å². The maximum Gasteiger partial charge on any atom is 0.224 e. The van der Waals surface area contributed by atoms with E-state index in [1.165, 1.54) is 5.56 Å². The van der Waals surface area contributed by atoms with Crippen LogP contribution in [0, 0.1) is 5.92 Å². The number of amides is 1. The van der Waals surface area contributed by atoms with Crippen molar-refractivity contribution in [3.05, 3.63) is 60.1 Å². The zero-order valence-corrected chi connectivity index (χ0v) is 14.6. The third-order valence-corrected chi connectivity index (χ3v) is 5.46. The van der Waals surface area contributed by atoms with Gasteiger partial charge >= 0.3 is 0 Å². The van der Waals surface area contributed by atoms with Crippen molar-refractivity contribution in [1.29, 1.82) is 0 Å². The van der Waals surface area contributed by atoms with Crippen molar-refractivity contribution in [1.82, 2.24) is 10.2 Å². The van der Waals surface area contributed by atoms with Gasteiger partial charge in [0.1, 0.15) is 5.76 Å². The summed E-state index contributed by atoms with van der Waals surface area (Å²) < 4.78 is 5.45. The Balaban J connectivity index is 1.33. The second-order valence-corrected chi connectivity index (χ2v) is 7.59. The fourth-order valence-electron chi connectivity index (χ4n) is 3.88. The van der Waals surface area contributed by atoms with E-state index < -0.39 is 0 Å². The topological polar surface area (TPSA) is 45.5 Å². The fraction of sp³-hybridized carbons (Fsp3) is 0.476. The first-order chi connectivity index (χ1) is 12.2. The van der Waals surface area contributed by atoms with E-state index in [0.717, 1.165) is 57.5 Å². The average molecular weight is 338 g/mol. The molecule has 1 saturated carbocycles. The van der Waals surface area contributed by atoms with Crippen LogP contribution in [0.15, 0.2) is 53.1 Å². The van der Waals surface area contributed by atoms with E-state index in [4.69, 9.17) is 4.42 Å². The minimum Gasteiger partial charge on any atom is -0.468 e. The largest absolute Gasteiger partial charge is 0.468 e. The number of carbonyl (C=O) groups excluding carboxylic acids is 1. The highest BCUT2D eigenvalue weighted by molar-refractivity contribution is 5.80. The van der Waals surface area contributed by atoms with Gasteiger partial charge in [0.25, 0.3) is 0 Å². The van der Waals surface area contributed by atoms with E-state index in [2.05, 4.69) is 34.5 Å². The van der Waals surface area contributed by atoms with E-state index >= 15 is 0 Å². The predicted octanol–water partition coefficient (Wildman–Crippen LogP) is 3.38. The zero-order valence-electron chi connectivity index (χ0n) is 14.6. The quantitative estimate of drug-likeness (QED) is 0.878. The summed E-state index contributed by atoms with van der Waals surface area (Å²) in [5.41, 5.74) is 1.31. The lowest BCUT2D eigenvalue weighted by Gasteiger charge is -2.32. The molecule has 0 unspecified atom stereocenters. The molecule has 0 radical (unpaired) electrons. The molecule has 1 atom stereocenters. The third-order valence-electron chi connectivity index (χ3n) is 5.46. The van der Waals surface area contributed by atoms with Crippen molar-refractivity contribution >= 4 is 5.91 Å². The Morgan fingerprint density at radius 2 is 2.04 bits per heavy atom. The summed E-state index contributed by atoms with van der Waals surface area (Å²) in [7, 11) is 0. The Labute approximate surface area is 149 Å². The summed E-state index contributed by atoms with van der Waals surface area (Å²) >= 11 is 0. The SMILES string of the molecule is O=C(NC1(Cc2ccccc2)CC1)[C@H]1CCCN(Cc2ccco2)C1. The number of rotatable bonds is 6. The fourth-order valence-corrected chi connectivity index (χ4v) is 3.88. The van der Waals surface area contributed by atoms with E-state index in [-0.39, 0.29) is 17.4 Å². The van der Waals surface area contributed by atoms with Gasteiger partial charge in [0.05, 0.1) is 18.7 Å². The van der Waals surface area contributed by atoms with Gasteiger partial charge in [-0.05, 0) is 56.3 Å². The van der Waals surface area contributed by atoms with Gasteiger partial charge in [-0.15, -0.1) is 0 Å². The Bertz CT molecular complexity index is 692. The van der Waals surface area contributed by atoms with Crippen LogP contribution in [0.2, 0.25) is 0 Å². The Morgan fingerprint density at radius 1 is 1.20 bits per heavy atom. The molecule has 1 aliphatic heterocycles. The number of benzene rings is 1. The van der Waals surface area contributed by atoms with E-state index in [9.17, 15) is 4.79 Å². The number of carbonyl (C=O) groups is 1. The van der Waals surface area contributed by atoms with Crippen molar-refractivity contribution in [2.24, 2.45) is 5.92 Å². The molecule has 1 saturated heterocycles. The molecule has 1 aromatic heterocycles. The number of furan rings is 1. The van der Waals surface area contributed by atoms with Gasteiger partial charge in [-0.2, -0.15) is 0 Å². The molecule has 1 aromatic carbocycles. The first-order valence-electron chi connectivity index (χ1n) is 9.33. The second kappa shape index (κ2) is 7.04. The minimum atomic E-state index is 0.00171. The maximum absolute atomic E-state index is 12.8. The van der Waals surface area contributed by atoms with Crippen LogP contribution < -0.4 is 5.32 Å². The first-order valence-corrected chi connectivity index (χ1v) is 9.33. The molecule has 2 aromatic rings. The van der Waals surface area contributed by atoms with Crippen LogP contribution in [0.1, 0.15) is 37.0 Å². The van der Waals surface area contributed by atoms with E-state index in [1.807, 2.05) is 18.2 Å². The van der Waals surface area contributed by atoms with Gasteiger partial charge in [0.15, 0.2) is 0 Å². The molecule has 2 heterocycles. The van der Waals surface area contributed by atoms with Crippen molar-refractivity contribution in [2.75, 3.05) is 13.1 Å². The lowest BCUT2D eigenvalue weighted by Crippen LogP contribution is -2.47.